The molecule has 0 amide bonds. The Morgan fingerprint density at radius 2 is 1.60 bits per heavy atom. The number of H-pyrrole nitrogens is 1. The Bertz CT molecular complexity index is 310. The molecule has 0 atom stereocenters. The van der Waals surface area contributed by atoms with Gasteiger partial charge in [0.1, 0.15) is 12.4 Å². The van der Waals surface area contributed by atoms with Gasteiger partial charge in [-0.1, -0.05) is 58.3 Å². The molecule has 20 heavy (non-hydrogen) atoms. The second-order valence-corrected chi connectivity index (χ2v) is 5.23. The van der Waals surface area contributed by atoms with E-state index < -0.39 is 5.97 Å². The molecule has 0 aliphatic carbocycles. The zero-order valence-electron chi connectivity index (χ0n) is 13.1. The van der Waals surface area contributed by atoms with Gasteiger partial charge in [-0.3, -0.25) is 4.98 Å². The number of carbonyl (C=O) groups excluding carboxylic acids is 1. The van der Waals surface area contributed by atoms with E-state index >= 15 is 0 Å². The van der Waals surface area contributed by atoms with Crippen molar-refractivity contribution >= 4 is 5.97 Å². The Morgan fingerprint density at radius 3 is 1.95 bits per heavy atom. The van der Waals surface area contributed by atoms with Gasteiger partial charge in [0.15, 0.2) is 0 Å². The highest BCUT2D eigenvalue weighted by molar-refractivity contribution is 5.63. The molecule has 4 heteroatoms. The molecular weight excluding hydrogens is 252 g/mol. The van der Waals surface area contributed by atoms with Crippen LogP contribution in [0.1, 0.15) is 71.1 Å². The number of nitrogens with zero attached hydrogens (tertiary/aromatic N) is 1. The van der Waals surface area contributed by atoms with Crippen LogP contribution in [0.15, 0.2) is 18.7 Å². The van der Waals surface area contributed by atoms with Crippen LogP contribution >= 0.6 is 0 Å². The van der Waals surface area contributed by atoms with Crippen LogP contribution < -0.4 is 9.67 Å². The number of aliphatic carboxylic acids is 1. The summed E-state index contributed by atoms with van der Waals surface area (Å²) in [6.07, 6.45) is 16.9. The summed E-state index contributed by atoms with van der Waals surface area (Å²) in [7, 11) is 1.97. The van der Waals surface area contributed by atoms with Gasteiger partial charge in [-0.15, -0.1) is 0 Å². The van der Waals surface area contributed by atoms with E-state index in [4.69, 9.17) is 0 Å². The van der Waals surface area contributed by atoms with Gasteiger partial charge in [-0.05, 0) is 12.8 Å². The number of aromatic amines is 1. The lowest BCUT2D eigenvalue weighted by atomic mass is 10.1. The van der Waals surface area contributed by atoms with Gasteiger partial charge in [0.05, 0.1) is 7.05 Å². The average Bonchev–Trinajstić information content (AvgIpc) is 2.88. The molecule has 1 heterocycles. The van der Waals surface area contributed by atoms with Crippen molar-refractivity contribution in [3.05, 3.63) is 18.7 Å². The maximum absolute atomic E-state index is 10.1. The molecule has 0 saturated heterocycles. The standard InChI is InChI=1S/C12H24O2.C4H6N2/c1-2-3-4-5-6-7-8-9-10-11-12(13)14;1-6-3-2-5-4-6/h2-11H2,1H3,(H,13,14);2-4H,1H3. The first-order valence-electron chi connectivity index (χ1n) is 7.84. The first-order chi connectivity index (χ1) is 9.66. The van der Waals surface area contributed by atoms with Gasteiger partial charge in [-0.25, -0.2) is 4.57 Å². The molecule has 0 fully saturated rings. The van der Waals surface area contributed by atoms with Crippen LogP contribution in [0, 0.1) is 0 Å². The highest BCUT2D eigenvalue weighted by atomic mass is 16.4. The molecule has 0 spiro atoms. The van der Waals surface area contributed by atoms with Gasteiger partial charge in [0, 0.05) is 5.97 Å². The Kier molecular flexibility index (Phi) is 13.2. The fourth-order valence-electron chi connectivity index (χ4n) is 1.94. The van der Waals surface area contributed by atoms with Gasteiger partial charge in [0.25, 0.3) is 0 Å². The van der Waals surface area contributed by atoms with Crippen molar-refractivity contribution < 1.29 is 14.5 Å². The molecule has 1 rings (SSSR count). The molecule has 4 nitrogen and oxygen atoms in total. The molecule has 1 aromatic rings. The lowest BCUT2D eigenvalue weighted by molar-refractivity contribution is -0.670. The third-order valence-corrected chi connectivity index (χ3v) is 3.17. The van der Waals surface area contributed by atoms with Gasteiger partial charge < -0.3 is 9.90 Å². The minimum absolute atomic E-state index is 0.232. The SMILES string of the molecule is CCCCCCCCCCCC(=O)[O-].C[n+]1cc[nH]c1. The predicted octanol–water partition coefficient (Wildman–Crippen LogP) is 2.50. The maximum Gasteiger partial charge on any atom is 0.241 e. The second kappa shape index (κ2) is 14.1. The van der Waals surface area contributed by atoms with E-state index in [0.29, 0.717) is 0 Å². The smallest absolute Gasteiger partial charge is 0.241 e. The number of carbonyl (C=O) groups is 1. The van der Waals surface area contributed by atoms with Crippen LogP contribution in [-0.4, -0.2) is 11.0 Å². The number of nitrogens with one attached hydrogen (secondary N) is 1. The summed E-state index contributed by atoms with van der Waals surface area (Å²) in [6.45, 7) is 2.22. The minimum atomic E-state index is -0.909. The monoisotopic (exact) mass is 282 g/mol. The van der Waals surface area contributed by atoms with Gasteiger partial charge >= 0.3 is 0 Å². The normalized spacial score (nSPS) is 9.90. The molecule has 0 bridgehead atoms. The number of hydrogen-bond donors (Lipinski definition) is 1. The van der Waals surface area contributed by atoms with Crippen molar-refractivity contribution in [2.24, 2.45) is 7.05 Å². The van der Waals surface area contributed by atoms with E-state index in [1.54, 1.807) is 0 Å². The quantitative estimate of drug-likeness (QED) is 0.529. The molecule has 1 N–H and O–H groups in total. The van der Waals surface area contributed by atoms with Crippen molar-refractivity contribution in [3.63, 3.8) is 0 Å². The van der Waals surface area contributed by atoms with E-state index in [-0.39, 0.29) is 6.42 Å². The molecule has 0 aliphatic heterocycles. The summed E-state index contributed by atoms with van der Waals surface area (Å²) in [6, 6.07) is 0. The van der Waals surface area contributed by atoms with E-state index in [1.165, 1.54) is 44.9 Å². The number of carboxylic acid groups (broad SMARTS) is 1. The summed E-state index contributed by atoms with van der Waals surface area (Å²) >= 11 is 0. The second-order valence-electron chi connectivity index (χ2n) is 5.23. The first kappa shape index (κ1) is 18.7. The third-order valence-electron chi connectivity index (χ3n) is 3.17. The van der Waals surface area contributed by atoms with Crippen molar-refractivity contribution in [1.82, 2.24) is 4.98 Å². The Hall–Kier alpha value is -1.32. The number of unbranched alkanes of at least 4 members (excludes halogenated alkanes) is 8. The number of hydrogen-bond acceptors (Lipinski definition) is 2. The Balaban J connectivity index is 0.000000493. The lowest BCUT2D eigenvalue weighted by Gasteiger charge is -2.02. The fraction of sp³-hybridized carbons (Fsp3) is 0.750. The topological polar surface area (TPSA) is 59.8 Å². The van der Waals surface area contributed by atoms with E-state index in [2.05, 4.69) is 11.9 Å². The largest absolute Gasteiger partial charge is 0.550 e. The van der Waals surface area contributed by atoms with Crippen LogP contribution in [0.3, 0.4) is 0 Å². The highest BCUT2D eigenvalue weighted by Gasteiger charge is 1.92. The number of aryl methyl sites for hydroxylation is 1. The average molecular weight is 282 g/mol. The van der Waals surface area contributed by atoms with Crippen LogP contribution in [0.4, 0.5) is 0 Å². The molecular formula is C16H30N2O2. The summed E-state index contributed by atoms with van der Waals surface area (Å²) in [5, 5.41) is 10.1. The number of aromatic nitrogens is 2. The highest BCUT2D eigenvalue weighted by Crippen LogP contribution is 2.09. The van der Waals surface area contributed by atoms with Crippen molar-refractivity contribution in [2.45, 2.75) is 71.1 Å². The maximum atomic E-state index is 10.1. The summed E-state index contributed by atoms with van der Waals surface area (Å²) in [5.41, 5.74) is 0. The lowest BCUT2D eigenvalue weighted by Crippen LogP contribution is -2.22. The molecule has 0 aromatic carbocycles. The summed E-state index contributed by atoms with van der Waals surface area (Å²) in [4.78, 5) is 13.0. The molecule has 1 aromatic heterocycles. The van der Waals surface area contributed by atoms with Crippen LogP contribution in [0.5, 0.6) is 0 Å². The predicted molar refractivity (Wildman–Crippen MR) is 78.8 cm³/mol. The molecule has 116 valence electrons. The van der Waals surface area contributed by atoms with E-state index in [1.807, 2.05) is 30.3 Å². The van der Waals surface area contributed by atoms with Crippen molar-refractivity contribution in [2.75, 3.05) is 0 Å². The third kappa shape index (κ3) is 14.7. The molecule has 0 saturated carbocycles. The summed E-state index contributed by atoms with van der Waals surface area (Å²) in [5.74, 6) is -0.909. The van der Waals surface area contributed by atoms with Gasteiger partial charge in [-0.2, -0.15) is 0 Å². The van der Waals surface area contributed by atoms with Crippen LogP contribution in [0.25, 0.3) is 0 Å². The zero-order valence-corrected chi connectivity index (χ0v) is 13.1. The Morgan fingerprint density at radius 1 is 1.05 bits per heavy atom. The van der Waals surface area contributed by atoms with E-state index in [9.17, 15) is 9.90 Å². The van der Waals surface area contributed by atoms with Crippen LogP contribution in [-0.2, 0) is 11.8 Å². The molecule has 0 unspecified atom stereocenters. The zero-order chi connectivity index (χ0) is 15.1. The van der Waals surface area contributed by atoms with Gasteiger partial charge in [0.2, 0.25) is 6.33 Å². The van der Waals surface area contributed by atoms with Crippen molar-refractivity contribution in [1.29, 1.82) is 0 Å². The number of carboxylic acids is 1. The van der Waals surface area contributed by atoms with Crippen LogP contribution in [0.2, 0.25) is 0 Å². The first-order valence-corrected chi connectivity index (χ1v) is 7.84. The van der Waals surface area contributed by atoms with Crippen molar-refractivity contribution in [3.8, 4) is 0 Å². The fourth-order valence-corrected chi connectivity index (χ4v) is 1.94. The number of rotatable bonds is 10. The minimum Gasteiger partial charge on any atom is -0.550 e. The summed E-state index contributed by atoms with van der Waals surface area (Å²) < 4.78 is 1.94. The number of imidazole rings is 1. The van der Waals surface area contributed by atoms with E-state index in [0.717, 1.165) is 12.8 Å². The Labute approximate surface area is 123 Å². The molecule has 0 aliphatic rings. The molecule has 0 radical (unpaired) electrons.